The molecule has 0 bridgehead atoms. The summed E-state index contributed by atoms with van der Waals surface area (Å²) in [5.41, 5.74) is 0.580. The molecule has 0 saturated heterocycles. The van der Waals surface area contributed by atoms with Crippen LogP contribution >= 0.6 is 11.6 Å². The molecule has 1 saturated carbocycles. The van der Waals surface area contributed by atoms with Gasteiger partial charge in [-0.1, -0.05) is 37.8 Å². The predicted octanol–water partition coefficient (Wildman–Crippen LogP) is 4.86. The van der Waals surface area contributed by atoms with Crippen molar-refractivity contribution in [2.45, 2.75) is 45.1 Å². The molecule has 0 aliphatic heterocycles. The molecule has 1 aliphatic rings. The van der Waals surface area contributed by atoms with Gasteiger partial charge in [0.2, 0.25) is 0 Å². The molecule has 0 radical (unpaired) electrons. The first-order chi connectivity index (χ1) is 8.19. The van der Waals surface area contributed by atoms with Crippen LogP contribution in [0, 0.1) is 11.7 Å². The van der Waals surface area contributed by atoms with Gasteiger partial charge in [-0.25, -0.2) is 4.39 Å². The van der Waals surface area contributed by atoms with Crippen LogP contribution in [0.25, 0.3) is 0 Å². The fourth-order valence-corrected chi connectivity index (χ4v) is 2.78. The Kier molecular flexibility index (Phi) is 4.27. The lowest BCUT2D eigenvalue weighted by atomic mass is 9.84. The van der Waals surface area contributed by atoms with Gasteiger partial charge in [0.05, 0.1) is 5.69 Å². The van der Waals surface area contributed by atoms with Crippen LogP contribution in [0.3, 0.4) is 0 Å². The largest absolute Gasteiger partial charge is 0.380 e. The first-order valence-corrected chi connectivity index (χ1v) is 6.78. The van der Waals surface area contributed by atoms with E-state index >= 15 is 0 Å². The van der Waals surface area contributed by atoms with Crippen molar-refractivity contribution in [1.29, 1.82) is 0 Å². The summed E-state index contributed by atoms with van der Waals surface area (Å²) < 4.78 is 13.6. The highest BCUT2D eigenvalue weighted by atomic mass is 35.5. The van der Waals surface area contributed by atoms with Gasteiger partial charge in [-0.05, 0) is 37.0 Å². The number of rotatable bonds is 3. The highest BCUT2D eigenvalue weighted by Gasteiger charge is 2.21. The first kappa shape index (κ1) is 12.7. The monoisotopic (exact) mass is 255 g/mol. The molecule has 94 valence electrons. The molecule has 1 aromatic rings. The van der Waals surface area contributed by atoms with E-state index in [0.717, 1.165) is 18.8 Å². The Balaban J connectivity index is 2.00. The quantitative estimate of drug-likeness (QED) is 0.813. The molecular formula is C14H19ClFN. The van der Waals surface area contributed by atoms with E-state index in [1.807, 2.05) is 0 Å². The lowest BCUT2D eigenvalue weighted by Crippen LogP contribution is -2.27. The number of benzene rings is 1. The predicted molar refractivity (Wildman–Crippen MR) is 71.1 cm³/mol. The van der Waals surface area contributed by atoms with Crippen LogP contribution in [0.5, 0.6) is 0 Å². The van der Waals surface area contributed by atoms with Crippen LogP contribution in [0.15, 0.2) is 18.2 Å². The number of anilines is 1. The molecular weight excluding hydrogens is 237 g/mol. The van der Waals surface area contributed by atoms with E-state index in [-0.39, 0.29) is 5.82 Å². The van der Waals surface area contributed by atoms with Crippen LogP contribution in [0.1, 0.15) is 39.0 Å². The molecule has 17 heavy (non-hydrogen) atoms. The molecule has 0 spiro atoms. The summed E-state index contributed by atoms with van der Waals surface area (Å²) in [4.78, 5) is 0. The number of nitrogens with one attached hydrogen (secondary N) is 1. The van der Waals surface area contributed by atoms with Gasteiger partial charge in [0.15, 0.2) is 0 Å². The van der Waals surface area contributed by atoms with Gasteiger partial charge in [-0.3, -0.25) is 0 Å². The molecule has 2 rings (SSSR count). The van der Waals surface area contributed by atoms with Crippen molar-refractivity contribution < 1.29 is 4.39 Å². The Morgan fingerprint density at radius 3 is 2.94 bits per heavy atom. The van der Waals surface area contributed by atoms with Gasteiger partial charge in [0.25, 0.3) is 0 Å². The van der Waals surface area contributed by atoms with Crippen molar-refractivity contribution in [2.24, 2.45) is 5.92 Å². The summed E-state index contributed by atoms with van der Waals surface area (Å²) >= 11 is 5.74. The van der Waals surface area contributed by atoms with Gasteiger partial charge >= 0.3 is 0 Å². The summed E-state index contributed by atoms with van der Waals surface area (Å²) in [6.45, 7) is 2.23. The summed E-state index contributed by atoms with van der Waals surface area (Å²) in [5, 5.41) is 3.75. The third-order valence-electron chi connectivity index (χ3n) is 3.65. The summed E-state index contributed by atoms with van der Waals surface area (Å²) in [5.74, 6) is 0.535. The molecule has 3 heteroatoms. The normalized spacial score (nSPS) is 24.6. The summed E-state index contributed by atoms with van der Waals surface area (Å²) in [6.07, 6.45) is 6.07. The third kappa shape index (κ3) is 3.35. The van der Waals surface area contributed by atoms with Gasteiger partial charge in [0, 0.05) is 11.1 Å². The maximum Gasteiger partial charge on any atom is 0.147 e. The van der Waals surface area contributed by atoms with Crippen molar-refractivity contribution in [3.8, 4) is 0 Å². The molecule has 0 heterocycles. The van der Waals surface area contributed by atoms with E-state index in [4.69, 9.17) is 11.6 Å². The van der Waals surface area contributed by atoms with Gasteiger partial charge in [-0.15, -0.1) is 0 Å². The lowest BCUT2D eigenvalue weighted by molar-refractivity contribution is 0.327. The van der Waals surface area contributed by atoms with E-state index in [2.05, 4.69) is 12.2 Å². The SMILES string of the molecule is CCC1CCCC(Nc2ccc(Cl)cc2F)C1. The Labute approximate surface area is 107 Å². The molecule has 1 aliphatic carbocycles. The lowest BCUT2D eigenvalue weighted by Gasteiger charge is -2.30. The molecule has 2 atom stereocenters. The zero-order chi connectivity index (χ0) is 12.3. The minimum absolute atomic E-state index is 0.254. The van der Waals surface area contributed by atoms with Crippen LogP contribution in [-0.4, -0.2) is 6.04 Å². The molecule has 1 aromatic carbocycles. The third-order valence-corrected chi connectivity index (χ3v) is 3.89. The molecule has 0 amide bonds. The van der Waals surface area contributed by atoms with Crippen LogP contribution in [0.2, 0.25) is 5.02 Å². The zero-order valence-corrected chi connectivity index (χ0v) is 10.9. The summed E-state index contributed by atoms with van der Waals surface area (Å²) in [7, 11) is 0. The maximum atomic E-state index is 13.6. The van der Waals surface area contributed by atoms with Crippen LogP contribution in [0.4, 0.5) is 10.1 Å². The van der Waals surface area contributed by atoms with E-state index in [9.17, 15) is 4.39 Å². The number of hydrogen-bond donors (Lipinski definition) is 1. The summed E-state index contributed by atoms with van der Waals surface area (Å²) in [6, 6.07) is 5.23. The van der Waals surface area contributed by atoms with E-state index in [1.54, 1.807) is 12.1 Å². The topological polar surface area (TPSA) is 12.0 Å². The van der Waals surface area contributed by atoms with Gasteiger partial charge < -0.3 is 5.32 Å². The van der Waals surface area contributed by atoms with Crippen LogP contribution < -0.4 is 5.32 Å². The average Bonchev–Trinajstić information content (AvgIpc) is 2.33. The van der Waals surface area contributed by atoms with E-state index < -0.39 is 0 Å². The number of halogens is 2. The minimum Gasteiger partial charge on any atom is -0.380 e. The smallest absolute Gasteiger partial charge is 0.147 e. The average molecular weight is 256 g/mol. The first-order valence-electron chi connectivity index (χ1n) is 6.40. The van der Waals surface area contributed by atoms with E-state index in [0.29, 0.717) is 16.8 Å². The second-order valence-corrected chi connectivity index (χ2v) is 5.34. The molecule has 1 N–H and O–H groups in total. The second kappa shape index (κ2) is 5.72. The minimum atomic E-state index is -0.254. The van der Waals surface area contributed by atoms with Gasteiger partial charge in [-0.2, -0.15) is 0 Å². The Morgan fingerprint density at radius 1 is 1.41 bits per heavy atom. The highest BCUT2D eigenvalue weighted by Crippen LogP contribution is 2.29. The second-order valence-electron chi connectivity index (χ2n) is 4.91. The van der Waals surface area contributed by atoms with Crippen molar-refractivity contribution in [1.82, 2.24) is 0 Å². The maximum absolute atomic E-state index is 13.6. The van der Waals surface area contributed by atoms with Crippen molar-refractivity contribution >= 4 is 17.3 Å². The highest BCUT2D eigenvalue weighted by molar-refractivity contribution is 6.30. The van der Waals surface area contributed by atoms with Crippen molar-refractivity contribution in [3.63, 3.8) is 0 Å². The molecule has 2 unspecified atom stereocenters. The fourth-order valence-electron chi connectivity index (χ4n) is 2.62. The van der Waals surface area contributed by atoms with Crippen molar-refractivity contribution in [2.75, 3.05) is 5.32 Å². The Hall–Kier alpha value is -0.760. The molecule has 0 aromatic heterocycles. The standard InChI is InChI=1S/C14H19ClFN/c1-2-10-4-3-5-12(8-10)17-14-7-6-11(15)9-13(14)16/h6-7,9-10,12,17H,2-5,8H2,1H3. The number of hydrogen-bond acceptors (Lipinski definition) is 1. The van der Waals surface area contributed by atoms with Crippen molar-refractivity contribution in [3.05, 3.63) is 29.0 Å². The Bertz CT molecular complexity index is 380. The fraction of sp³-hybridized carbons (Fsp3) is 0.571. The van der Waals surface area contributed by atoms with Crippen LogP contribution in [-0.2, 0) is 0 Å². The molecule has 1 fully saturated rings. The molecule has 1 nitrogen and oxygen atoms in total. The van der Waals surface area contributed by atoms with Gasteiger partial charge in [0.1, 0.15) is 5.82 Å². The van der Waals surface area contributed by atoms with E-state index in [1.165, 1.54) is 25.3 Å². The zero-order valence-electron chi connectivity index (χ0n) is 10.2. The Morgan fingerprint density at radius 2 is 2.24 bits per heavy atom.